The Balaban J connectivity index is 2.26. The Hall–Kier alpha value is -1.68. The third-order valence-corrected chi connectivity index (χ3v) is 1.83. The van der Waals surface area contributed by atoms with Crippen LogP contribution >= 0.6 is 0 Å². The second-order valence-electron chi connectivity index (χ2n) is 2.94. The van der Waals surface area contributed by atoms with E-state index in [2.05, 4.69) is 4.98 Å². The van der Waals surface area contributed by atoms with Gasteiger partial charge in [0.25, 0.3) is 0 Å². The van der Waals surface area contributed by atoms with Gasteiger partial charge in [-0.05, 0) is 17.7 Å². The summed E-state index contributed by atoms with van der Waals surface area (Å²) in [6.07, 6.45) is 7.45. The third-order valence-electron chi connectivity index (χ3n) is 1.83. The fraction of sp³-hybridized carbons (Fsp3) is 0.200. The Kier molecular flexibility index (Phi) is 4.37. The van der Waals surface area contributed by atoms with Gasteiger partial charge in [0.2, 0.25) is 0 Å². The number of hydrogen-bond acceptors (Lipinski definition) is 3. The molecule has 74 valence electrons. The summed E-state index contributed by atoms with van der Waals surface area (Å²) in [5, 5.41) is 8.83. The Morgan fingerprint density at radius 2 is 2.21 bits per heavy atom. The Labute approximate surface area is 83.4 Å². The van der Waals surface area contributed by atoms with Crippen LogP contribution in [-0.2, 0) is 6.42 Å². The van der Waals surface area contributed by atoms with Crippen molar-refractivity contribution in [3.8, 4) is 0 Å². The van der Waals surface area contributed by atoms with Gasteiger partial charge in [-0.2, -0.15) is 0 Å². The summed E-state index contributed by atoms with van der Waals surface area (Å²) in [6.45, 7) is 0.929. The summed E-state index contributed by atoms with van der Waals surface area (Å²) >= 11 is 0. The van der Waals surface area contributed by atoms with E-state index < -0.39 is 0 Å². The van der Waals surface area contributed by atoms with Crippen molar-refractivity contribution in [2.24, 2.45) is 5.73 Å². The molecule has 0 spiro atoms. The summed E-state index contributed by atoms with van der Waals surface area (Å²) in [7, 11) is 0. The Morgan fingerprint density at radius 1 is 1.50 bits per heavy atom. The van der Waals surface area contributed by atoms with Gasteiger partial charge in [-0.1, -0.05) is 0 Å². The molecule has 0 saturated carbocycles. The fourth-order valence-electron chi connectivity index (χ4n) is 1.07. The predicted octanol–water partition coefficient (Wildman–Crippen LogP) is -0.363. The van der Waals surface area contributed by atoms with Crippen LogP contribution in [0.3, 0.4) is 0 Å². The highest BCUT2D eigenvalue weighted by molar-refractivity contribution is 5.73. The minimum Gasteiger partial charge on any atom is -0.393 e. The number of allylic oxidation sites excluding steroid dienone is 1. The second kappa shape index (κ2) is 5.88. The van der Waals surface area contributed by atoms with Crippen LogP contribution in [0.25, 0.3) is 0 Å². The lowest BCUT2D eigenvalue weighted by Crippen LogP contribution is -2.79. The number of hydrogen-bond donors (Lipinski definition) is 3. The number of nitrogens with zero attached hydrogens (tertiary/aromatic N) is 1. The first kappa shape index (κ1) is 10.4. The number of nitrogens with two attached hydrogens (primary N) is 2. The maximum atomic E-state index is 6.86. The molecule has 0 aliphatic rings. The molecule has 0 amide bonds. The van der Waals surface area contributed by atoms with Crippen molar-refractivity contribution in [1.29, 1.82) is 5.41 Å². The van der Waals surface area contributed by atoms with E-state index >= 15 is 0 Å². The lowest BCUT2D eigenvalue weighted by Gasteiger charge is -1.97. The molecule has 0 bridgehead atoms. The molecule has 4 nitrogen and oxygen atoms in total. The van der Waals surface area contributed by atoms with Gasteiger partial charge >= 0.3 is 0 Å². The number of quaternary nitrogens is 1. The van der Waals surface area contributed by atoms with E-state index in [0.717, 1.165) is 19.2 Å². The Bertz CT molecular complexity index is 305. The van der Waals surface area contributed by atoms with E-state index in [9.17, 15) is 0 Å². The lowest BCUT2D eigenvalue weighted by atomic mass is 10.2. The molecule has 1 aromatic rings. The van der Waals surface area contributed by atoms with Crippen LogP contribution in [0.1, 0.15) is 5.56 Å². The first-order chi connectivity index (χ1) is 6.83. The van der Waals surface area contributed by atoms with Gasteiger partial charge in [0.1, 0.15) is 11.9 Å². The van der Waals surface area contributed by atoms with Crippen molar-refractivity contribution >= 4 is 6.21 Å². The molecule has 0 atom stereocenters. The van der Waals surface area contributed by atoms with Crippen LogP contribution < -0.4 is 11.1 Å². The smallest absolute Gasteiger partial charge is 0.117 e. The van der Waals surface area contributed by atoms with Crippen LogP contribution in [0.4, 0.5) is 0 Å². The van der Waals surface area contributed by atoms with E-state index in [1.807, 2.05) is 17.4 Å². The number of pyridine rings is 1. The Morgan fingerprint density at radius 3 is 2.86 bits per heavy atom. The normalized spacial score (nSPS) is 11.3. The molecule has 1 aromatic heterocycles. The minimum atomic E-state index is 0.486. The summed E-state index contributed by atoms with van der Waals surface area (Å²) in [6, 6.07) is 4.00. The number of aromatic nitrogens is 1. The summed E-state index contributed by atoms with van der Waals surface area (Å²) < 4.78 is 0. The highest BCUT2D eigenvalue weighted by atomic mass is 14.8. The van der Waals surface area contributed by atoms with Gasteiger partial charge in [0, 0.05) is 25.0 Å². The number of nitrogens with one attached hydrogen (secondary N) is 1. The molecular weight excluding hydrogens is 176 g/mol. The van der Waals surface area contributed by atoms with E-state index in [1.54, 1.807) is 18.6 Å². The van der Waals surface area contributed by atoms with Crippen molar-refractivity contribution in [2.75, 3.05) is 6.54 Å². The molecule has 0 aliphatic heterocycles. The van der Waals surface area contributed by atoms with E-state index in [-0.39, 0.29) is 0 Å². The van der Waals surface area contributed by atoms with Gasteiger partial charge in [-0.3, -0.25) is 4.98 Å². The van der Waals surface area contributed by atoms with Gasteiger partial charge in [-0.25, -0.2) is 0 Å². The highest BCUT2D eigenvalue weighted by Crippen LogP contribution is 1.94. The summed E-state index contributed by atoms with van der Waals surface area (Å²) in [5.74, 6) is 0. The monoisotopic (exact) mass is 191 g/mol. The second-order valence-corrected chi connectivity index (χ2v) is 2.94. The molecule has 4 heteroatoms. The molecule has 1 heterocycles. The standard InChI is InChI=1S/C10H14N4/c11-7-10(12)8-14-6-3-9-1-4-13-5-2-9/h1-2,4-5,7-8,11,14H,3,6,12H2/p+1. The van der Waals surface area contributed by atoms with Crippen molar-refractivity contribution in [2.45, 2.75) is 6.42 Å². The van der Waals surface area contributed by atoms with E-state index in [4.69, 9.17) is 11.1 Å². The molecule has 5 N–H and O–H groups in total. The maximum absolute atomic E-state index is 6.86. The molecule has 0 aliphatic carbocycles. The zero-order chi connectivity index (χ0) is 10.2. The highest BCUT2D eigenvalue weighted by Gasteiger charge is 1.92. The molecule has 0 aromatic carbocycles. The zero-order valence-corrected chi connectivity index (χ0v) is 7.98. The molecule has 0 saturated heterocycles. The van der Waals surface area contributed by atoms with Gasteiger partial charge in [0.05, 0.1) is 6.54 Å². The predicted molar refractivity (Wildman–Crippen MR) is 55.8 cm³/mol. The molecule has 1 rings (SSSR count). The van der Waals surface area contributed by atoms with E-state index in [0.29, 0.717) is 5.70 Å². The summed E-state index contributed by atoms with van der Waals surface area (Å²) in [4.78, 5) is 3.94. The molecule has 0 fully saturated rings. The van der Waals surface area contributed by atoms with Gasteiger partial charge in [-0.15, -0.1) is 0 Å². The van der Waals surface area contributed by atoms with Crippen LogP contribution in [0.5, 0.6) is 0 Å². The average molecular weight is 191 g/mol. The SMILES string of the molecule is N=CC(N)=C[NH2+]CCc1ccncc1. The fourth-order valence-corrected chi connectivity index (χ4v) is 1.07. The minimum absolute atomic E-state index is 0.486. The van der Waals surface area contributed by atoms with Crippen molar-refractivity contribution < 1.29 is 5.32 Å². The molecule has 0 radical (unpaired) electrons. The topological polar surface area (TPSA) is 79.4 Å². The molecular formula is C10H15N4+. The first-order valence-electron chi connectivity index (χ1n) is 4.51. The van der Waals surface area contributed by atoms with Crippen molar-refractivity contribution in [3.05, 3.63) is 42.0 Å². The third kappa shape index (κ3) is 3.82. The first-order valence-corrected chi connectivity index (χ1v) is 4.51. The zero-order valence-electron chi connectivity index (χ0n) is 7.98. The number of rotatable bonds is 5. The van der Waals surface area contributed by atoms with Crippen LogP contribution in [-0.4, -0.2) is 17.7 Å². The van der Waals surface area contributed by atoms with Gasteiger partial charge in [0.15, 0.2) is 0 Å². The summed E-state index contributed by atoms with van der Waals surface area (Å²) in [5.41, 5.74) is 7.18. The van der Waals surface area contributed by atoms with Crippen LogP contribution in [0.15, 0.2) is 36.4 Å². The maximum Gasteiger partial charge on any atom is 0.117 e. The van der Waals surface area contributed by atoms with Gasteiger partial charge < -0.3 is 16.5 Å². The lowest BCUT2D eigenvalue weighted by molar-refractivity contribution is -0.587. The quantitative estimate of drug-likeness (QED) is 0.439. The van der Waals surface area contributed by atoms with Crippen LogP contribution in [0, 0.1) is 5.41 Å². The van der Waals surface area contributed by atoms with Crippen molar-refractivity contribution in [3.63, 3.8) is 0 Å². The molecule has 14 heavy (non-hydrogen) atoms. The molecule has 0 unspecified atom stereocenters. The van der Waals surface area contributed by atoms with Crippen LogP contribution in [0.2, 0.25) is 0 Å². The van der Waals surface area contributed by atoms with E-state index in [1.165, 1.54) is 5.56 Å². The van der Waals surface area contributed by atoms with Crippen molar-refractivity contribution in [1.82, 2.24) is 4.98 Å². The largest absolute Gasteiger partial charge is 0.393 e. The average Bonchev–Trinajstić information content (AvgIpc) is 2.25.